The van der Waals surface area contributed by atoms with Crippen LogP contribution in [0.1, 0.15) is 34.1 Å². The van der Waals surface area contributed by atoms with Crippen molar-refractivity contribution in [1.82, 2.24) is 14.6 Å². The molecular formula is C23H30N3O9PS. The van der Waals surface area contributed by atoms with E-state index in [-0.39, 0.29) is 10.4 Å². The molecule has 1 aromatic carbocycles. The normalized spacial score (nSPS) is 17.0. The summed E-state index contributed by atoms with van der Waals surface area (Å²) in [5, 5.41) is 23.4. The number of aromatic nitrogens is 2. The van der Waals surface area contributed by atoms with Crippen LogP contribution in [-0.4, -0.2) is 56.2 Å². The lowest BCUT2D eigenvalue weighted by molar-refractivity contribution is -0.240. The molecule has 0 fully saturated rings. The van der Waals surface area contributed by atoms with Gasteiger partial charge in [0, 0.05) is 6.20 Å². The van der Waals surface area contributed by atoms with Crippen molar-refractivity contribution in [3.63, 3.8) is 0 Å². The highest BCUT2D eigenvalue weighted by Crippen LogP contribution is 2.46. The van der Waals surface area contributed by atoms with Crippen LogP contribution in [0.5, 0.6) is 5.75 Å². The van der Waals surface area contributed by atoms with E-state index in [0.717, 1.165) is 10.8 Å². The van der Waals surface area contributed by atoms with Gasteiger partial charge in [-0.05, 0) is 45.9 Å². The number of nitrogens with zero attached hydrogens (tertiary/aromatic N) is 1. The molecule has 0 saturated heterocycles. The summed E-state index contributed by atoms with van der Waals surface area (Å²) >= 11 is 4.86. The fourth-order valence-electron chi connectivity index (χ4n) is 2.81. The molecule has 1 unspecified atom stereocenters. The largest absolute Gasteiger partial charge is 0.462 e. The molecule has 5 atom stereocenters. The fourth-order valence-corrected chi connectivity index (χ4v) is 4.48. The number of para-hydroxylation sites is 1. The average molecular weight is 556 g/mol. The van der Waals surface area contributed by atoms with Crippen LogP contribution < -0.4 is 15.3 Å². The summed E-state index contributed by atoms with van der Waals surface area (Å²) in [6.45, 7) is 5.15. The van der Waals surface area contributed by atoms with Gasteiger partial charge in [0.15, 0.2) is 5.60 Å². The second-order valence-corrected chi connectivity index (χ2v) is 10.3. The molecule has 202 valence electrons. The molecule has 1 heterocycles. The quantitative estimate of drug-likeness (QED) is 0.0943. The summed E-state index contributed by atoms with van der Waals surface area (Å²) in [5.41, 5.74) is -2.93. The number of carbonyl (C=O) groups is 1. The van der Waals surface area contributed by atoms with Crippen molar-refractivity contribution in [2.45, 2.75) is 58.0 Å². The lowest BCUT2D eigenvalue weighted by Gasteiger charge is -2.34. The molecule has 2 aromatic rings. The van der Waals surface area contributed by atoms with Crippen LogP contribution in [0, 0.1) is 17.0 Å². The molecule has 12 nitrogen and oxygen atoms in total. The third kappa shape index (κ3) is 8.62. The molecule has 0 radical (unpaired) electrons. The third-order valence-electron chi connectivity index (χ3n) is 4.80. The molecule has 0 aliphatic rings. The van der Waals surface area contributed by atoms with E-state index in [4.69, 9.17) is 37.2 Å². The number of carbonyl (C=O) groups excluding carboxylic acids is 1. The maximum Gasteiger partial charge on any atom is 0.459 e. The second kappa shape index (κ2) is 13.1. The fraction of sp³-hybridized carbons (Fsp3) is 0.435. The monoisotopic (exact) mass is 555 g/mol. The lowest BCUT2D eigenvalue weighted by Crippen LogP contribution is -2.49. The SMILES string of the molecule is C#C[C@](COP(=O)(N[C@@H](C)C(=O)OC(C)C)Oc1ccccc1)(O[C@H](O)n1ccc(=S)[nH]c1=O)[C@@H](C)O. The Morgan fingerprint density at radius 3 is 2.43 bits per heavy atom. The maximum absolute atomic E-state index is 13.7. The topological polar surface area (TPSA) is 161 Å². The summed E-state index contributed by atoms with van der Waals surface area (Å²) in [6.07, 6.45) is 2.86. The van der Waals surface area contributed by atoms with E-state index in [0.29, 0.717) is 0 Å². The molecule has 37 heavy (non-hydrogen) atoms. The van der Waals surface area contributed by atoms with E-state index in [1.165, 1.54) is 32.0 Å². The molecule has 0 aliphatic carbocycles. The number of hydrogen-bond donors (Lipinski definition) is 4. The number of esters is 1. The number of aliphatic hydroxyl groups excluding tert-OH is 2. The summed E-state index contributed by atoms with van der Waals surface area (Å²) in [4.78, 5) is 26.8. The summed E-state index contributed by atoms with van der Waals surface area (Å²) in [5.74, 6) is 1.60. The number of aromatic amines is 1. The third-order valence-corrected chi connectivity index (χ3v) is 6.66. The van der Waals surface area contributed by atoms with Crippen LogP contribution in [-0.2, 0) is 23.4 Å². The Morgan fingerprint density at radius 2 is 1.89 bits per heavy atom. The van der Waals surface area contributed by atoms with E-state index in [1.54, 1.807) is 32.0 Å². The van der Waals surface area contributed by atoms with E-state index in [2.05, 4.69) is 16.0 Å². The zero-order valence-corrected chi connectivity index (χ0v) is 22.4. The minimum atomic E-state index is -4.38. The number of H-pyrrole nitrogens is 1. The summed E-state index contributed by atoms with van der Waals surface area (Å²) in [6, 6.07) is 8.15. The van der Waals surface area contributed by atoms with E-state index >= 15 is 0 Å². The Kier molecular flexibility index (Phi) is 10.8. The number of benzene rings is 1. The molecule has 0 aliphatic heterocycles. The number of ether oxygens (including phenoxy) is 2. The number of aliphatic hydroxyl groups is 2. The number of rotatable bonds is 13. The smallest absolute Gasteiger partial charge is 0.459 e. The van der Waals surface area contributed by atoms with E-state index < -0.39 is 56.3 Å². The van der Waals surface area contributed by atoms with Crippen LogP contribution in [0.4, 0.5) is 0 Å². The first-order chi connectivity index (χ1) is 17.3. The van der Waals surface area contributed by atoms with Crippen LogP contribution >= 0.6 is 20.0 Å². The molecule has 0 saturated carbocycles. The van der Waals surface area contributed by atoms with Gasteiger partial charge in [0.2, 0.25) is 6.41 Å². The Bertz CT molecular complexity index is 1260. The molecule has 2 rings (SSSR count). The van der Waals surface area contributed by atoms with E-state index in [1.807, 2.05) is 0 Å². The van der Waals surface area contributed by atoms with Gasteiger partial charge in [-0.25, -0.2) is 9.36 Å². The maximum atomic E-state index is 13.7. The van der Waals surface area contributed by atoms with Gasteiger partial charge in [0.05, 0.1) is 12.2 Å². The second-order valence-electron chi connectivity index (χ2n) is 8.18. The first-order valence-electron chi connectivity index (χ1n) is 11.1. The van der Waals surface area contributed by atoms with Gasteiger partial charge >= 0.3 is 19.4 Å². The predicted molar refractivity (Wildman–Crippen MR) is 136 cm³/mol. The standard InChI is InChI=1S/C23H30N3O9PS/c1-6-23(17(5)27,34-22(30)26-13-12-19(37)24-21(26)29)14-32-36(31,35-18-10-8-7-9-11-18)25-16(4)20(28)33-15(2)3/h1,7-13,15-17,22,27,30H,14H2,2-5H3,(H,25,31)(H,24,29,37)/t16-,17+,22-,23+,36?/m0/s1. The van der Waals surface area contributed by atoms with Gasteiger partial charge in [-0.2, -0.15) is 5.09 Å². The minimum Gasteiger partial charge on any atom is -0.462 e. The highest BCUT2D eigenvalue weighted by molar-refractivity contribution is 7.71. The highest BCUT2D eigenvalue weighted by atomic mass is 32.1. The molecule has 0 spiro atoms. The average Bonchev–Trinajstić information content (AvgIpc) is 2.81. The summed E-state index contributed by atoms with van der Waals surface area (Å²) in [7, 11) is -4.38. The zero-order chi connectivity index (χ0) is 27.8. The molecular weight excluding hydrogens is 525 g/mol. The van der Waals surface area contributed by atoms with Crippen molar-refractivity contribution in [2.75, 3.05) is 6.61 Å². The molecule has 1 aromatic heterocycles. The van der Waals surface area contributed by atoms with Gasteiger partial charge in [-0.1, -0.05) is 36.3 Å². The minimum absolute atomic E-state index is 0.116. The predicted octanol–water partition coefficient (Wildman–Crippen LogP) is 2.26. The van der Waals surface area contributed by atoms with Gasteiger partial charge in [-0.15, -0.1) is 6.42 Å². The molecule has 4 N–H and O–H groups in total. The molecule has 14 heteroatoms. The number of nitrogens with one attached hydrogen (secondary N) is 2. The van der Waals surface area contributed by atoms with Crippen molar-refractivity contribution in [3.05, 3.63) is 57.7 Å². The van der Waals surface area contributed by atoms with Crippen LogP contribution in [0.15, 0.2) is 47.4 Å². The van der Waals surface area contributed by atoms with Crippen molar-refractivity contribution in [3.8, 4) is 18.1 Å². The van der Waals surface area contributed by atoms with Gasteiger partial charge in [-0.3, -0.25) is 18.9 Å². The van der Waals surface area contributed by atoms with Crippen LogP contribution in [0.3, 0.4) is 0 Å². The zero-order valence-electron chi connectivity index (χ0n) is 20.7. The lowest BCUT2D eigenvalue weighted by atomic mass is 10.00. The van der Waals surface area contributed by atoms with Crippen LogP contribution in [0.2, 0.25) is 0 Å². The number of hydrogen-bond acceptors (Lipinski definition) is 10. The van der Waals surface area contributed by atoms with Gasteiger partial charge in [0.1, 0.15) is 23.0 Å². The Morgan fingerprint density at radius 1 is 1.24 bits per heavy atom. The van der Waals surface area contributed by atoms with E-state index in [9.17, 15) is 24.4 Å². The van der Waals surface area contributed by atoms with Crippen molar-refractivity contribution in [2.24, 2.45) is 0 Å². The van der Waals surface area contributed by atoms with Crippen molar-refractivity contribution in [1.29, 1.82) is 0 Å². The summed E-state index contributed by atoms with van der Waals surface area (Å²) < 4.78 is 36.2. The Labute approximate surface area is 219 Å². The van der Waals surface area contributed by atoms with Crippen molar-refractivity contribution >= 4 is 25.9 Å². The highest BCUT2D eigenvalue weighted by Gasteiger charge is 2.42. The Balaban J connectivity index is 2.34. The molecule has 0 amide bonds. The molecule has 0 bridgehead atoms. The van der Waals surface area contributed by atoms with Gasteiger partial charge < -0.3 is 24.2 Å². The Hall–Kier alpha value is -2.82. The number of terminal acetylenes is 1. The van der Waals surface area contributed by atoms with Crippen LogP contribution in [0.25, 0.3) is 0 Å². The first kappa shape index (κ1) is 30.4. The van der Waals surface area contributed by atoms with Crippen molar-refractivity contribution < 1.29 is 38.1 Å². The van der Waals surface area contributed by atoms with Gasteiger partial charge in [0.25, 0.3) is 0 Å². The first-order valence-corrected chi connectivity index (χ1v) is 13.1.